The normalized spacial score (nSPS) is 12.6. The lowest BCUT2D eigenvalue weighted by atomic mass is 9.80. The first kappa shape index (κ1) is 17.5. The SMILES string of the molecule is CCOC(=O)C(C(=O)NCc1ccccc1Cl)C(C)(C)C. The van der Waals surface area contributed by atoms with Gasteiger partial charge in [0.25, 0.3) is 0 Å². The van der Waals surface area contributed by atoms with Gasteiger partial charge in [0, 0.05) is 11.6 Å². The van der Waals surface area contributed by atoms with E-state index in [1.807, 2.05) is 39.0 Å². The number of amides is 1. The number of nitrogens with one attached hydrogen (secondary N) is 1. The molecule has 0 heterocycles. The molecule has 21 heavy (non-hydrogen) atoms. The maximum atomic E-state index is 12.3. The standard InChI is InChI=1S/C16H22ClNO3/c1-5-21-15(20)13(16(2,3)4)14(19)18-10-11-8-6-7-9-12(11)17/h6-9,13H,5,10H2,1-4H3,(H,18,19). The van der Waals surface area contributed by atoms with Crippen LogP contribution in [0.1, 0.15) is 33.3 Å². The third kappa shape index (κ3) is 5.05. The van der Waals surface area contributed by atoms with Crippen molar-refractivity contribution in [2.45, 2.75) is 34.2 Å². The van der Waals surface area contributed by atoms with Crippen molar-refractivity contribution in [2.75, 3.05) is 6.61 Å². The van der Waals surface area contributed by atoms with E-state index < -0.39 is 17.3 Å². The highest BCUT2D eigenvalue weighted by Crippen LogP contribution is 2.27. The van der Waals surface area contributed by atoms with Crippen LogP contribution in [-0.4, -0.2) is 18.5 Å². The fraction of sp³-hybridized carbons (Fsp3) is 0.500. The van der Waals surface area contributed by atoms with Crippen LogP contribution in [0.15, 0.2) is 24.3 Å². The molecule has 0 saturated heterocycles. The van der Waals surface area contributed by atoms with Crippen LogP contribution in [0.5, 0.6) is 0 Å². The Balaban J connectivity index is 2.78. The molecule has 1 aromatic carbocycles. The monoisotopic (exact) mass is 311 g/mol. The maximum Gasteiger partial charge on any atom is 0.319 e. The van der Waals surface area contributed by atoms with E-state index in [-0.39, 0.29) is 19.1 Å². The first-order valence-corrected chi connectivity index (χ1v) is 7.33. The third-order valence-corrected chi connectivity index (χ3v) is 3.43. The molecule has 1 N–H and O–H groups in total. The van der Waals surface area contributed by atoms with Crippen molar-refractivity contribution < 1.29 is 14.3 Å². The van der Waals surface area contributed by atoms with Gasteiger partial charge in [-0.2, -0.15) is 0 Å². The number of hydrogen-bond donors (Lipinski definition) is 1. The van der Waals surface area contributed by atoms with Crippen LogP contribution >= 0.6 is 11.6 Å². The molecular weight excluding hydrogens is 290 g/mol. The molecule has 1 amide bonds. The fourth-order valence-electron chi connectivity index (χ4n) is 2.01. The van der Waals surface area contributed by atoms with Gasteiger partial charge in [-0.3, -0.25) is 9.59 Å². The lowest BCUT2D eigenvalue weighted by Gasteiger charge is -2.27. The van der Waals surface area contributed by atoms with Crippen molar-refractivity contribution in [3.63, 3.8) is 0 Å². The number of carbonyl (C=O) groups is 2. The molecule has 0 bridgehead atoms. The molecule has 1 aromatic rings. The molecule has 0 aliphatic heterocycles. The Morgan fingerprint density at radius 2 is 1.90 bits per heavy atom. The van der Waals surface area contributed by atoms with Gasteiger partial charge in [-0.1, -0.05) is 50.6 Å². The van der Waals surface area contributed by atoms with Crippen LogP contribution in [0.2, 0.25) is 5.02 Å². The van der Waals surface area contributed by atoms with Crippen LogP contribution in [0.4, 0.5) is 0 Å². The Morgan fingerprint density at radius 3 is 2.43 bits per heavy atom. The van der Waals surface area contributed by atoms with Crippen molar-refractivity contribution in [1.29, 1.82) is 0 Å². The number of rotatable bonds is 5. The minimum absolute atomic E-state index is 0.253. The zero-order chi connectivity index (χ0) is 16.0. The van der Waals surface area contributed by atoms with Gasteiger partial charge in [0.05, 0.1) is 6.61 Å². The van der Waals surface area contributed by atoms with Crippen molar-refractivity contribution in [3.05, 3.63) is 34.9 Å². The summed E-state index contributed by atoms with van der Waals surface area (Å²) in [5.74, 6) is -1.69. The molecule has 5 heteroatoms. The number of halogens is 1. The molecule has 116 valence electrons. The average Bonchev–Trinajstić information content (AvgIpc) is 2.36. The van der Waals surface area contributed by atoms with Gasteiger partial charge in [-0.25, -0.2) is 0 Å². The highest BCUT2D eigenvalue weighted by Gasteiger charge is 2.38. The number of esters is 1. The number of hydrogen-bond acceptors (Lipinski definition) is 3. The largest absolute Gasteiger partial charge is 0.465 e. The van der Waals surface area contributed by atoms with Crippen LogP contribution in [0.3, 0.4) is 0 Å². The summed E-state index contributed by atoms with van der Waals surface area (Å²) in [4.78, 5) is 24.3. The quantitative estimate of drug-likeness (QED) is 0.671. The maximum absolute atomic E-state index is 12.3. The first-order chi connectivity index (χ1) is 9.77. The Labute approximate surface area is 130 Å². The Morgan fingerprint density at radius 1 is 1.29 bits per heavy atom. The summed E-state index contributed by atoms with van der Waals surface area (Å²) in [6, 6.07) is 7.26. The zero-order valence-corrected chi connectivity index (χ0v) is 13.7. The molecule has 1 rings (SSSR count). The van der Waals surface area contributed by atoms with E-state index in [0.717, 1.165) is 5.56 Å². The molecule has 0 aromatic heterocycles. The highest BCUT2D eigenvalue weighted by atomic mass is 35.5. The summed E-state index contributed by atoms with van der Waals surface area (Å²) < 4.78 is 5.00. The van der Waals surface area contributed by atoms with Gasteiger partial charge in [-0.05, 0) is 24.0 Å². The summed E-state index contributed by atoms with van der Waals surface area (Å²) >= 11 is 6.05. The van der Waals surface area contributed by atoms with Gasteiger partial charge >= 0.3 is 5.97 Å². The number of carbonyl (C=O) groups excluding carboxylic acids is 2. The van der Waals surface area contributed by atoms with Crippen LogP contribution in [-0.2, 0) is 20.9 Å². The summed E-state index contributed by atoms with van der Waals surface area (Å²) in [6.07, 6.45) is 0. The second kappa shape index (κ2) is 7.46. The van der Waals surface area contributed by atoms with E-state index in [1.54, 1.807) is 13.0 Å². The van der Waals surface area contributed by atoms with Crippen molar-refractivity contribution >= 4 is 23.5 Å². The molecule has 0 spiro atoms. The average molecular weight is 312 g/mol. The van der Waals surface area contributed by atoms with Gasteiger partial charge in [0.1, 0.15) is 5.92 Å². The number of ether oxygens (including phenoxy) is 1. The van der Waals surface area contributed by atoms with E-state index in [2.05, 4.69) is 5.32 Å². The fourth-order valence-corrected chi connectivity index (χ4v) is 2.21. The third-order valence-electron chi connectivity index (χ3n) is 3.06. The highest BCUT2D eigenvalue weighted by molar-refractivity contribution is 6.31. The molecular formula is C16H22ClNO3. The summed E-state index contributed by atoms with van der Waals surface area (Å²) in [7, 11) is 0. The molecule has 0 fully saturated rings. The van der Waals surface area contributed by atoms with Crippen molar-refractivity contribution in [2.24, 2.45) is 11.3 Å². The lowest BCUT2D eigenvalue weighted by molar-refractivity contribution is -0.156. The van der Waals surface area contributed by atoms with Gasteiger partial charge in [0.15, 0.2) is 0 Å². The van der Waals surface area contributed by atoms with Crippen LogP contribution in [0.25, 0.3) is 0 Å². The molecule has 0 aliphatic rings. The lowest BCUT2D eigenvalue weighted by Crippen LogP contribution is -2.43. The van der Waals surface area contributed by atoms with E-state index in [9.17, 15) is 9.59 Å². The molecule has 1 atom stereocenters. The Bertz CT molecular complexity index is 508. The molecule has 1 unspecified atom stereocenters. The molecule has 4 nitrogen and oxygen atoms in total. The summed E-state index contributed by atoms with van der Waals surface area (Å²) in [6.45, 7) is 7.77. The van der Waals surface area contributed by atoms with Crippen molar-refractivity contribution in [3.8, 4) is 0 Å². The van der Waals surface area contributed by atoms with Gasteiger partial charge in [-0.15, -0.1) is 0 Å². The Hall–Kier alpha value is -1.55. The topological polar surface area (TPSA) is 55.4 Å². The second-order valence-electron chi connectivity index (χ2n) is 5.86. The van der Waals surface area contributed by atoms with Gasteiger partial charge < -0.3 is 10.1 Å². The zero-order valence-electron chi connectivity index (χ0n) is 12.9. The molecule has 0 radical (unpaired) electrons. The van der Waals surface area contributed by atoms with Crippen molar-refractivity contribution in [1.82, 2.24) is 5.32 Å². The van der Waals surface area contributed by atoms with Crippen LogP contribution < -0.4 is 5.32 Å². The smallest absolute Gasteiger partial charge is 0.319 e. The first-order valence-electron chi connectivity index (χ1n) is 6.95. The minimum Gasteiger partial charge on any atom is -0.465 e. The van der Waals surface area contributed by atoms with E-state index in [1.165, 1.54) is 0 Å². The minimum atomic E-state index is -0.847. The van der Waals surface area contributed by atoms with E-state index in [4.69, 9.17) is 16.3 Å². The number of benzene rings is 1. The molecule has 0 saturated carbocycles. The predicted molar refractivity (Wildman–Crippen MR) is 82.9 cm³/mol. The van der Waals surface area contributed by atoms with E-state index in [0.29, 0.717) is 5.02 Å². The van der Waals surface area contributed by atoms with Gasteiger partial charge in [0.2, 0.25) is 5.91 Å². The van der Waals surface area contributed by atoms with E-state index >= 15 is 0 Å². The summed E-state index contributed by atoms with van der Waals surface area (Å²) in [5.41, 5.74) is 0.292. The van der Waals surface area contributed by atoms with Crippen LogP contribution in [0, 0.1) is 11.3 Å². The summed E-state index contributed by atoms with van der Waals surface area (Å²) in [5, 5.41) is 3.35. The molecule has 0 aliphatic carbocycles. The Kier molecular flexibility index (Phi) is 6.21. The predicted octanol–water partition coefficient (Wildman–Crippen LogP) is 3.18. The second-order valence-corrected chi connectivity index (χ2v) is 6.27.